The summed E-state index contributed by atoms with van der Waals surface area (Å²) in [4.78, 5) is 12.5. The molecule has 2 aromatic carbocycles. The predicted molar refractivity (Wildman–Crippen MR) is 108 cm³/mol. The minimum atomic E-state index is -0.801. The molecule has 0 aromatic heterocycles. The maximum atomic E-state index is 11.3. The number of thioether (sulfide) groups is 2. The number of hydrogen-bond donors (Lipinski definition) is 3. The lowest BCUT2D eigenvalue weighted by Gasteiger charge is -2.13. The van der Waals surface area contributed by atoms with Crippen LogP contribution < -0.4 is 15.8 Å². The Morgan fingerprint density at radius 2 is 2.26 bits per heavy atom. The molecule has 2 aromatic rings. The molecular formula is C19H17N3O3S2. The van der Waals surface area contributed by atoms with Gasteiger partial charge in [-0.15, -0.1) is 11.8 Å². The van der Waals surface area contributed by atoms with E-state index >= 15 is 0 Å². The van der Waals surface area contributed by atoms with Gasteiger partial charge < -0.3 is 20.9 Å². The molecule has 1 amide bonds. The van der Waals surface area contributed by atoms with Crippen LogP contribution in [0, 0.1) is 11.3 Å². The Bertz CT molecular complexity index is 929. The first-order valence-electron chi connectivity index (χ1n) is 7.97. The van der Waals surface area contributed by atoms with Gasteiger partial charge in [0.15, 0.2) is 11.5 Å². The van der Waals surface area contributed by atoms with Gasteiger partial charge in [0.25, 0.3) is 5.91 Å². The molecule has 1 heterocycles. The quantitative estimate of drug-likeness (QED) is 0.504. The molecule has 8 heteroatoms. The third-order valence-corrected chi connectivity index (χ3v) is 6.41. The second-order valence-electron chi connectivity index (χ2n) is 5.67. The number of carbonyl (C=O) groups is 1. The Morgan fingerprint density at radius 3 is 2.93 bits per heavy atom. The van der Waals surface area contributed by atoms with Crippen LogP contribution in [0.3, 0.4) is 0 Å². The van der Waals surface area contributed by atoms with Gasteiger partial charge in [0.05, 0.1) is 7.11 Å². The zero-order valence-corrected chi connectivity index (χ0v) is 16.1. The Hall–Kier alpha value is -2.76. The van der Waals surface area contributed by atoms with Gasteiger partial charge in [-0.25, -0.2) is 0 Å². The second-order valence-corrected chi connectivity index (χ2v) is 8.20. The van der Waals surface area contributed by atoms with Crippen molar-refractivity contribution in [1.29, 1.82) is 5.26 Å². The Labute approximate surface area is 165 Å². The average molecular weight is 399 g/mol. The third-order valence-electron chi connectivity index (χ3n) is 3.88. The fraction of sp³-hybridized carbons (Fsp3) is 0.158. The van der Waals surface area contributed by atoms with Crippen molar-refractivity contribution >= 4 is 41.2 Å². The molecular weight excluding hydrogens is 382 g/mol. The Kier molecular flexibility index (Phi) is 5.84. The molecule has 1 unspecified atom stereocenters. The fourth-order valence-corrected chi connectivity index (χ4v) is 4.94. The van der Waals surface area contributed by atoms with Crippen molar-refractivity contribution in [3.05, 3.63) is 53.1 Å². The number of aromatic hydroxyl groups is 1. The van der Waals surface area contributed by atoms with E-state index in [4.69, 9.17) is 15.7 Å². The maximum Gasteiger partial charge on any atom is 0.259 e. The molecule has 0 fully saturated rings. The molecule has 6 nitrogen and oxygen atoms in total. The number of carbonyl (C=O) groups excluding carboxylic acids is 1. The highest BCUT2D eigenvalue weighted by Crippen LogP contribution is 2.44. The number of hydrogen-bond acceptors (Lipinski definition) is 7. The van der Waals surface area contributed by atoms with E-state index in [9.17, 15) is 9.90 Å². The summed E-state index contributed by atoms with van der Waals surface area (Å²) in [6, 6.07) is 13.1. The first-order chi connectivity index (χ1) is 13.0. The number of nitrogens with zero attached hydrogens (tertiary/aromatic N) is 1. The summed E-state index contributed by atoms with van der Waals surface area (Å²) in [6.45, 7) is 0. The molecule has 4 N–H and O–H groups in total. The van der Waals surface area contributed by atoms with Crippen molar-refractivity contribution in [2.24, 2.45) is 5.73 Å². The molecule has 27 heavy (non-hydrogen) atoms. The number of anilines is 1. The molecule has 3 rings (SSSR count). The van der Waals surface area contributed by atoms with Crippen molar-refractivity contribution < 1.29 is 14.6 Å². The Morgan fingerprint density at radius 1 is 1.48 bits per heavy atom. The van der Waals surface area contributed by atoms with E-state index in [0.29, 0.717) is 16.9 Å². The van der Waals surface area contributed by atoms with E-state index in [1.807, 2.05) is 18.2 Å². The SMILES string of the molecule is COc1cc(/C=C(\C#N)C(N)=O)cc(CSC2Nc3ccccc3S2)c1O. The van der Waals surface area contributed by atoms with Crippen LogP contribution in [-0.2, 0) is 10.5 Å². The minimum absolute atomic E-state index is 0.0419. The van der Waals surface area contributed by atoms with E-state index in [0.717, 1.165) is 5.69 Å². The molecule has 138 valence electrons. The van der Waals surface area contributed by atoms with Crippen molar-refractivity contribution in [2.45, 2.75) is 15.4 Å². The summed E-state index contributed by atoms with van der Waals surface area (Å²) >= 11 is 3.34. The van der Waals surface area contributed by atoms with Gasteiger partial charge in [-0.05, 0) is 35.9 Å². The topological polar surface area (TPSA) is 108 Å². The number of amides is 1. The van der Waals surface area contributed by atoms with Gasteiger partial charge >= 0.3 is 0 Å². The standard InChI is InChI=1S/C19H17N3O3S2/c1-25-15-8-11(6-12(9-20)18(21)24)7-13(17(15)23)10-26-19-22-14-4-2-3-5-16(14)27-19/h2-8,19,22-23H,10H2,1H3,(H2,21,24)/b12-6+. The molecule has 0 saturated heterocycles. The van der Waals surface area contributed by atoms with Crippen molar-refractivity contribution in [2.75, 3.05) is 12.4 Å². The molecule has 1 atom stereocenters. The van der Waals surface area contributed by atoms with Crippen LogP contribution in [0.15, 0.2) is 46.9 Å². The number of phenols is 1. The number of nitriles is 1. The van der Waals surface area contributed by atoms with Gasteiger partial charge in [0.2, 0.25) is 0 Å². The number of nitrogens with one attached hydrogen (secondary N) is 1. The second kappa shape index (κ2) is 8.29. The highest BCUT2D eigenvalue weighted by atomic mass is 32.2. The lowest BCUT2D eigenvalue weighted by molar-refractivity contribution is -0.114. The molecule has 0 saturated carbocycles. The van der Waals surface area contributed by atoms with Crippen molar-refractivity contribution in [1.82, 2.24) is 0 Å². The summed E-state index contributed by atoms with van der Waals surface area (Å²) < 4.78 is 5.33. The normalized spacial score (nSPS) is 15.6. The first-order valence-corrected chi connectivity index (χ1v) is 9.90. The number of rotatable bonds is 6. The van der Waals surface area contributed by atoms with E-state index in [-0.39, 0.29) is 21.8 Å². The molecule has 0 radical (unpaired) electrons. The molecule has 1 aliphatic rings. The zero-order valence-electron chi connectivity index (χ0n) is 14.4. The zero-order chi connectivity index (χ0) is 19.4. The monoisotopic (exact) mass is 399 g/mol. The average Bonchev–Trinajstić information content (AvgIpc) is 3.08. The minimum Gasteiger partial charge on any atom is -0.504 e. The van der Waals surface area contributed by atoms with Gasteiger partial charge in [0, 0.05) is 21.9 Å². The largest absolute Gasteiger partial charge is 0.504 e. The molecule has 0 spiro atoms. The van der Waals surface area contributed by atoms with E-state index in [2.05, 4.69) is 11.4 Å². The molecule has 0 bridgehead atoms. The first kappa shape index (κ1) is 19.0. The number of ether oxygens (including phenoxy) is 1. The third kappa shape index (κ3) is 4.32. The number of fused-ring (bicyclic) bond motifs is 1. The van der Waals surface area contributed by atoms with Gasteiger partial charge in [0.1, 0.15) is 16.3 Å². The van der Waals surface area contributed by atoms with E-state index < -0.39 is 5.91 Å². The summed E-state index contributed by atoms with van der Waals surface area (Å²) in [5.41, 5.74) is 7.33. The lowest BCUT2D eigenvalue weighted by Crippen LogP contribution is -2.12. The van der Waals surface area contributed by atoms with Gasteiger partial charge in [-0.2, -0.15) is 5.26 Å². The highest BCUT2D eigenvalue weighted by molar-refractivity contribution is 8.17. The number of para-hydroxylation sites is 1. The number of nitrogens with two attached hydrogens (primary N) is 1. The Balaban J connectivity index is 1.80. The van der Waals surface area contributed by atoms with Crippen LogP contribution >= 0.6 is 23.5 Å². The van der Waals surface area contributed by atoms with Crippen LogP contribution in [0.4, 0.5) is 5.69 Å². The lowest BCUT2D eigenvalue weighted by atomic mass is 10.1. The molecule has 0 aliphatic carbocycles. The van der Waals surface area contributed by atoms with Crippen molar-refractivity contribution in [3.63, 3.8) is 0 Å². The summed E-state index contributed by atoms with van der Waals surface area (Å²) in [5, 5.41) is 22.9. The number of phenolic OH excluding ortho intramolecular Hbond substituents is 1. The highest BCUT2D eigenvalue weighted by Gasteiger charge is 2.22. The van der Waals surface area contributed by atoms with Crippen LogP contribution in [0.2, 0.25) is 0 Å². The van der Waals surface area contributed by atoms with Crippen LogP contribution in [0.25, 0.3) is 6.08 Å². The van der Waals surface area contributed by atoms with Crippen LogP contribution in [-0.4, -0.2) is 22.8 Å². The van der Waals surface area contributed by atoms with E-state index in [1.54, 1.807) is 41.7 Å². The molecule has 1 aliphatic heterocycles. The summed E-state index contributed by atoms with van der Waals surface area (Å²) in [7, 11) is 1.45. The summed E-state index contributed by atoms with van der Waals surface area (Å²) in [6.07, 6.45) is 1.39. The van der Waals surface area contributed by atoms with E-state index in [1.165, 1.54) is 18.1 Å². The van der Waals surface area contributed by atoms with Gasteiger partial charge in [-0.1, -0.05) is 23.9 Å². The van der Waals surface area contributed by atoms with Crippen molar-refractivity contribution in [3.8, 4) is 17.6 Å². The summed E-state index contributed by atoms with van der Waals surface area (Å²) in [5.74, 6) is 0.0301. The predicted octanol–water partition coefficient (Wildman–Crippen LogP) is 3.53. The smallest absolute Gasteiger partial charge is 0.259 e. The van der Waals surface area contributed by atoms with Crippen LogP contribution in [0.1, 0.15) is 11.1 Å². The van der Waals surface area contributed by atoms with Gasteiger partial charge in [-0.3, -0.25) is 4.79 Å². The number of benzene rings is 2. The number of primary amides is 1. The maximum absolute atomic E-state index is 11.3. The fourth-order valence-electron chi connectivity index (χ4n) is 2.56. The number of methoxy groups -OCH3 is 1. The van der Waals surface area contributed by atoms with Crippen LogP contribution in [0.5, 0.6) is 11.5 Å².